The summed E-state index contributed by atoms with van der Waals surface area (Å²) >= 11 is 0. The summed E-state index contributed by atoms with van der Waals surface area (Å²) in [5.74, 6) is -2.31. The number of hydrogen-bond acceptors (Lipinski definition) is 3. The molecule has 1 aromatic carbocycles. The van der Waals surface area contributed by atoms with Crippen molar-refractivity contribution in [3.8, 4) is 5.75 Å². The van der Waals surface area contributed by atoms with E-state index < -0.39 is 11.7 Å². The molecule has 0 fully saturated rings. The molecule has 0 saturated heterocycles. The summed E-state index contributed by atoms with van der Waals surface area (Å²) < 4.78 is 0. The maximum atomic E-state index is 10.2. The highest BCUT2D eigenvalue weighted by atomic mass is 16.4. The summed E-state index contributed by atoms with van der Waals surface area (Å²) in [5, 5.41) is 26.4. The first-order valence-corrected chi connectivity index (χ1v) is 3.53. The molecule has 0 saturated carbocycles. The average molecular weight is 180 g/mol. The van der Waals surface area contributed by atoms with E-state index in [2.05, 4.69) is 0 Å². The lowest BCUT2D eigenvalue weighted by Gasteiger charge is -1.97. The summed E-state index contributed by atoms with van der Waals surface area (Å²) in [6.45, 7) is 0. The number of rotatable bonds is 2. The van der Waals surface area contributed by atoms with Gasteiger partial charge >= 0.3 is 5.97 Å². The molecule has 0 heterocycles. The van der Waals surface area contributed by atoms with Crippen molar-refractivity contribution in [1.82, 2.24) is 0 Å². The Morgan fingerprint density at radius 1 is 1.23 bits per heavy atom. The molecular formula is C9H8O4. The highest BCUT2D eigenvalue weighted by Crippen LogP contribution is 2.18. The second-order valence-corrected chi connectivity index (χ2v) is 2.39. The fraction of sp³-hybridized carbons (Fsp3) is 0. The number of aliphatic hydroxyl groups is 1. The predicted molar refractivity (Wildman–Crippen MR) is 46.3 cm³/mol. The van der Waals surface area contributed by atoms with Crippen molar-refractivity contribution in [3.63, 3.8) is 0 Å². The van der Waals surface area contributed by atoms with Crippen molar-refractivity contribution in [2.24, 2.45) is 0 Å². The van der Waals surface area contributed by atoms with Crippen LogP contribution in [0.4, 0.5) is 0 Å². The first-order chi connectivity index (χ1) is 6.11. The Balaban J connectivity index is 3.04. The van der Waals surface area contributed by atoms with Crippen LogP contribution in [0.1, 0.15) is 5.56 Å². The highest BCUT2D eigenvalue weighted by Gasteiger charge is 2.04. The Kier molecular flexibility index (Phi) is 2.54. The predicted octanol–water partition coefficient (Wildman–Crippen LogP) is 1.38. The third-order valence-corrected chi connectivity index (χ3v) is 1.45. The van der Waals surface area contributed by atoms with E-state index in [9.17, 15) is 9.90 Å². The van der Waals surface area contributed by atoms with Crippen molar-refractivity contribution in [1.29, 1.82) is 0 Å². The minimum absolute atomic E-state index is 0.0738. The Morgan fingerprint density at radius 2 is 1.85 bits per heavy atom. The quantitative estimate of drug-likeness (QED) is 0.474. The van der Waals surface area contributed by atoms with Gasteiger partial charge in [-0.3, -0.25) is 0 Å². The Bertz CT molecular complexity index is 354. The molecule has 0 aliphatic carbocycles. The minimum atomic E-state index is -1.43. The molecule has 4 heteroatoms. The molecule has 0 unspecified atom stereocenters. The number of hydrogen-bond donors (Lipinski definition) is 3. The number of phenolic OH excluding ortho intramolecular Hbond substituents is 1. The number of aliphatic carboxylic acids is 1. The van der Waals surface area contributed by atoms with E-state index in [1.165, 1.54) is 12.1 Å². The van der Waals surface area contributed by atoms with Gasteiger partial charge in [0.05, 0.1) is 0 Å². The van der Waals surface area contributed by atoms with Crippen LogP contribution < -0.4 is 0 Å². The maximum absolute atomic E-state index is 10.2. The van der Waals surface area contributed by atoms with Crippen LogP contribution in [-0.4, -0.2) is 21.3 Å². The summed E-state index contributed by atoms with van der Waals surface area (Å²) in [7, 11) is 0. The Labute approximate surface area is 74.4 Å². The molecule has 0 amide bonds. The second-order valence-electron chi connectivity index (χ2n) is 2.39. The molecule has 0 aromatic heterocycles. The molecule has 68 valence electrons. The number of benzene rings is 1. The van der Waals surface area contributed by atoms with E-state index in [-0.39, 0.29) is 11.3 Å². The van der Waals surface area contributed by atoms with Crippen LogP contribution in [0.5, 0.6) is 5.75 Å². The molecule has 0 aliphatic rings. The minimum Gasteiger partial charge on any atom is -0.507 e. The zero-order valence-electron chi connectivity index (χ0n) is 6.64. The van der Waals surface area contributed by atoms with E-state index >= 15 is 0 Å². The zero-order chi connectivity index (χ0) is 9.84. The van der Waals surface area contributed by atoms with Gasteiger partial charge in [0.25, 0.3) is 0 Å². The summed E-state index contributed by atoms with van der Waals surface area (Å²) in [6, 6.07) is 6.13. The summed E-state index contributed by atoms with van der Waals surface area (Å²) in [5.41, 5.74) is 0.266. The Morgan fingerprint density at radius 3 is 2.38 bits per heavy atom. The summed E-state index contributed by atoms with van der Waals surface area (Å²) in [4.78, 5) is 10.2. The number of para-hydroxylation sites is 1. The first kappa shape index (κ1) is 9.12. The normalized spacial score (nSPS) is 11.2. The lowest BCUT2D eigenvalue weighted by molar-refractivity contribution is -0.135. The van der Waals surface area contributed by atoms with Crippen molar-refractivity contribution in [2.45, 2.75) is 0 Å². The number of carbonyl (C=O) groups is 1. The van der Waals surface area contributed by atoms with Gasteiger partial charge in [-0.15, -0.1) is 0 Å². The smallest absolute Gasteiger partial charge is 0.370 e. The fourth-order valence-electron chi connectivity index (χ4n) is 0.819. The van der Waals surface area contributed by atoms with Crippen LogP contribution >= 0.6 is 0 Å². The topological polar surface area (TPSA) is 77.8 Å². The van der Waals surface area contributed by atoms with Crippen molar-refractivity contribution in [3.05, 3.63) is 35.6 Å². The van der Waals surface area contributed by atoms with Crippen LogP contribution in [0.2, 0.25) is 0 Å². The molecule has 1 rings (SSSR count). The van der Waals surface area contributed by atoms with Crippen molar-refractivity contribution < 1.29 is 20.1 Å². The number of carboxylic acids is 1. The van der Waals surface area contributed by atoms with Crippen LogP contribution in [0.15, 0.2) is 30.0 Å². The largest absolute Gasteiger partial charge is 0.507 e. The number of aliphatic hydroxyl groups excluding tert-OH is 1. The fourth-order valence-corrected chi connectivity index (χ4v) is 0.819. The molecular weight excluding hydrogens is 172 g/mol. The van der Waals surface area contributed by atoms with E-state index in [4.69, 9.17) is 10.2 Å². The molecule has 13 heavy (non-hydrogen) atoms. The monoisotopic (exact) mass is 180 g/mol. The Hall–Kier alpha value is -1.97. The SMILES string of the molecule is O=C(O)C(O)=Cc1ccccc1O. The van der Waals surface area contributed by atoms with E-state index in [0.29, 0.717) is 0 Å². The summed E-state index contributed by atoms with van der Waals surface area (Å²) in [6.07, 6.45) is 0.984. The molecule has 0 bridgehead atoms. The molecule has 3 N–H and O–H groups in total. The molecule has 0 spiro atoms. The molecule has 0 aliphatic heterocycles. The maximum Gasteiger partial charge on any atom is 0.370 e. The third kappa shape index (κ3) is 2.23. The van der Waals surface area contributed by atoms with Gasteiger partial charge < -0.3 is 15.3 Å². The lowest BCUT2D eigenvalue weighted by Crippen LogP contribution is -1.98. The molecule has 1 aromatic rings. The van der Waals surface area contributed by atoms with Crippen LogP contribution in [0.3, 0.4) is 0 Å². The highest BCUT2D eigenvalue weighted by molar-refractivity contribution is 5.89. The van der Waals surface area contributed by atoms with Gasteiger partial charge in [-0.1, -0.05) is 18.2 Å². The first-order valence-electron chi connectivity index (χ1n) is 3.53. The van der Waals surface area contributed by atoms with Gasteiger partial charge in [0, 0.05) is 5.56 Å². The van der Waals surface area contributed by atoms with Gasteiger partial charge in [-0.25, -0.2) is 4.79 Å². The number of carboxylic acid groups (broad SMARTS) is 1. The number of aromatic hydroxyl groups is 1. The zero-order valence-corrected chi connectivity index (χ0v) is 6.64. The molecule has 0 radical (unpaired) electrons. The van der Waals surface area contributed by atoms with Gasteiger partial charge in [-0.2, -0.15) is 0 Å². The van der Waals surface area contributed by atoms with Gasteiger partial charge in [0.2, 0.25) is 5.76 Å². The second kappa shape index (κ2) is 3.62. The van der Waals surface area contributed by atoms with Crippen LogP contribution in [-0.2, 0) is 4.79 Å². The van der Waals surface area contributed by atoms with Crippen molar-refractivity contribution in [2.75, 3.05) is 0 Å². The van der Waals surface area contributed by atoms with Gasteiger partial charge in [0.1, 0.15) is 5.75 Å². The standard InChI is InChI=1S/C9H8O4/c10-7-4-2-1-3-6(7)5-8(11)9(12)13/h1-5,10-11H,(H,12,13). The van der Waals surface area contributed by atoms with Crippen molar-refractivity contribution >= 4 is 12.0 Å². The van der Waals surface area contributed by atoms with Gasteiger partial charge in [-0.05, 0) is 12.1 Å². The molecule has 4 nitrogen and oxygen atoms in total. The van der Waals surface area contributed by atoms with Crippen LogP contribution in [0.25, 0.3) is 6.08 Å². The number of phenols is 1. The van der Waals surface area contributed by atoms with E-state index in [0.717, 1.165) is 6.08 Å². The van der Waals surface area contributed by atoms with E-state index in [1.54, 1.807) is 12.1 Å². The van der Waals surface area contributed by atoms with Gasteiger partial charge in [0.15, 0.2) is 0 Å². The average Bonchev–Trinajstić information content (AvgIpc) is 2.08. The van der Waals surface area contributed by atoms with Crippen LogP contribution in [0, 0.1) is 0 Å². The lowest BCUT2D eigenvalue weighted by atomic mass is 10.2. The third-order valence-electron chi connectivity index (χ3n) is 1.45. The van der Waals surface area contributed by atoms with E-state index in [1.807, 2.05) is 0 Å². The molecule has 0 atom stereocenters.